The number of nitrogens with one attached hydrogen (secondary N) is 2. The molecule has 5 rings (SSSR count). The average Bonchev–Trinajstić information content (AvgIpc) is 3.53. The monoisotopic (exact) mass is 501 g/mol. The van der Waals surface area contributed by atoms with Crippen molar-refractivity contribution in [2.45, 2.75) is 70.0 Å². The summed E-state index contributed by atoms with van der Waals surface area (Å²) in [6.07, 6.45) is 11.6. The molecule has 2 aliphatic rings. The Bertz CT molecular complexity index is 1190. The summed E-state index contributed by atoms with van der Waals surface area (Å²) in [4.78, 5) is 19.8. The Morgan fingerprint density at radius 2 is 1.89 bits per heavy atom. The third-order valence-electron chi connectivity index (χ3n) is 7.53. The number of hydrogen-bond donors (Lipinski definition) is 2. The minimum absolute atomic E-state index is 0.00130. The SMILES string of the molecule is CCc1ccccc1NC(=O)CCN1C(=S)N[C@H](c2ccccn2)[C@H]1c1cccn1C1CCCCC1. The van der Waals surface area contributed by atoms with Gasteiger partial charge < -0.3 is 20.1 Å². The molecule has 3 heterocycles. The van der Waals surface area contributed by atoms with Crippen LogP contribution < -0.4 is 10.6 Å². The summed E-state index contributed by atoms with van der Waals surface area (Å²) in [5, 5.41) is 7.31. The van der Waals surface area contributed by atoms with E-state index in [9.17, 15) is 4.79 Å². The van der Waals surface area contributed by atoms with Crippen molar-refractivity contribution in [3.63, 3.8) is 0 Å². The Morgan fingerprint density at radius 1 is 1.08 bits per heavy atom. The maximum absolute atomic E-state index is 13.0. The second kappa shape index (κ2) is 11.2. The Kier molecular flexibility index (Phi) is 7.66. The number of pyridine rings is 1. The van der Waals surface area contributed by atoms with Crippen molar-refractivity contribution in [1.29, 1.82) is 0 Å². The van der Waals surface area contributed by atoms with Crippen LogP contribution in [0.3, 0.4) is 0 Å². The lowest BCUT2D eigenvalue weighted by atomic mass is 9.94. The van der Waals surface area contributed by atoms with Crippen molar-refractivity contribution in [2.75, 3.05) is 11.9 Å². The number of aromatic nitrogens is 2. The highest BCUT2D eigenvalue weighted by molar-refractivity contribution is 7.80. The number of thiocarbonyl (C=S) groups is 1. The van der Waals surface area contributed by atoms with Crippen LogP contribution in [0.15, 0.2) is 67.0 Å². The van der Waals surface area contributed by atoms with Crippen LogP contribution in [0.2, 0.25) is 0 Å². The molecule has 7 heteroatoms. The van der Waals surface area contributed by atoms with E-state index < -0.39 is 0 Å². The van der Waals surface area contributed by atoms with E-state index in [1.807, 2.05) is 36.5 Å². The molecule has 2 aromatic heterocycles. The maximum Gasteiger partial charge on any atom is 0.226 e. The Labute approximate surface area is 219 Å². The molecule has 1 amide bonds. The van der Waals surface area contributed by atoms with Gasteiger partial charge in [0.1, 0.15) is 0 Å². The van der Waals surface area contributed by atoms with Crippen LogP contribution in [0.1, 0.15) is 80.5 Å². The maximum atomic E-state index is 13.0. The van der Waals surface area contributed by atoms with Gasteiger partial charge in [0, 0.05) is 42.8 Å². The molecule has 2 fully saturated rings. The number of nitrogens with zero attached hydrogens (tertiary/aromatic N) is 3. The molecular formula is C29H35N5OS. The fraction of sp³-hybridized carbons (Fsp3) is 0.414. The highest BCUT2D eigenvalue weighted by Crippen LogP contribution is 2.41. The summed E-state index contributed by atoms with van der Waals surface area (Å²) in [7, 11) is 0. The minimum atomic E-state index is -0.0696. The van der Waals surface area contributed by atoms with E-state index in [-0.39, 0.29) is 18.0 Å². The topological polar surface area (TPSA) is 62.2 Å². The quantitative estimate of drug-likeness (QED) is 0.373. The summed E-state index contributed by atoms with van der Waals surface area (Å²) in [5.74, 6) is 0.00130. The number of rotatable bonds is 8. The van der Waals surface area contributed by atoms with Crippen molar-refractivity contribution in [3.8, 4) is 0 Å². The number of aryl methyl sites for hydroxylation is 1. The van der Waals surface area contributed by atoms with E-state index in [1.54, 1.807) is 0 Å². The molecule has 36 heavy (non-hydrogen) atoms. The van der Waals surface area contributed by atoms with Gasteiger partial charge in [-0.15, -0.1) is 0 Å². The molecule has 1 aliphatic carbocycles. The van der Waals surface area contributed by atoms with Crippen LogP contribution in [0.5, 0.6) is 0 Å². The number of benzene rings is 1. The molecule has 2 atom stereocenters. The first-order chi connectivity index (χ1) is 17.7. The average molecular weight is 502 g/mol. The zero-order valence-corrected chi connectivity index (χ0v) is 21.7. The summed E-state index contributed by atoms with van der Waals surface area (Å²) in [5.41, 5.74) is 4.23. The van der Waals surface area contributed by atoms with Crippen LogP contribution in [0, 0.1) is 0 Å². The first-order valence-corrected chi connectivity index (χ1v) is 13.6. The highest BCUT2D eigenvalue weighted by atomic mass is 32.1. The van der Waals surface area contributed by atoms with E-state index >= 15 is 0 Å². The Morgan fingerprint density at radius 3 is 2.67 bits per heavy atom. The van der Waals surface area contributed by atoms with Crippen LogP contribution in [-0.2, 0) is 11.2 Å². The molecule has 3 aromatic rings. The smallest absolute Gasteiger partial charge is 0.226 e. The minimum Gasteiger partial charge on any atom is -0.352 e. The second-order valence-electron chi connectivity index (χ2n) is 9.76. The van der Waals surface area contributed by atoms with Gasteiger partial charge in [0.15, 0.2) is 5.11 Å². The summed E-state index contributed by atoms with van der Waals surface area (Å²) >= 11 is 5.84. The lowest BCUT2D eigenvalue weighted by Crippen LogP contribution is -2.34. The molecule has 0 unspecified atom stereocenters. The number of anilines is 1. The van der Waals surface area contributed by atoms with Crippen molar-refractivity contribution in [2.24, 2.45) is 0 Å². The molecule has 188 valence electrons. The van der Waals surface area contributed by atoms with Crippen LogP contribution in [-0.4, -0.2) is 32.0 Å². The van der Waals surface area contributed by atoms with E-state index in [2.05, 4.69) is 62.5 Å². The van der Waals surface area contributed by atoms with Crippen molar-refractivity contribution < 1.29 is 4.79 Å². The molecule has 1 aromatic carbocycles. The van der Waals surface area contributed by atoms with Gasteiger partial charge in [0.25, 0.3) is 0 Å². The van der Waals surface area contributed by atoms with Gasteiger partial charge in [-0.2, -0.15) is 0 Å². The third-order valence-corrected chi connectivity index (χ3v) is 7.89. The first-order valence-electron chi connectivity index (χ1n) is 13.2. The first kappa shape index (κ1) is 24.5. The van der Waals surface area contributed by atoms with Gasteiger partial charge >= 0.3 is 0 Å². The summed E-state index contributed by atoms with van der Waals surface area (Å²) in [6, 6.07) is 18.8. The van der Waals surface area contributed by atoms with Crippen LogP contribution >= 0.6 is 12.2 Å². The van der Waals surface area contributed by atoms with E-state index in [1.165, 1.54) is 37.8 Å². The van der Waals surface area contributed by atoms with Crippen molar-refractivity contribution in [3.05, 3.63) is 83.9 Å². The molecule has 2 N–H and O–H groups in total. The lowest BCUT2D eigenvalue weighted by Gasteiger charge is -2.32. The van der Waals surface area contributed by atoms with Crippen molar-refractivity contribution in [1.82, 2.24) is 19.8 Å². The standard InChI is InChI=1S/C29H35N5OS/c1-2-21-11-6-7-14-23(21)31-26(35)17-20-34-28(27(32-29(34)36)24-15-8-9-18-30-24)25-16-10-19-33(25)22-12-4-3-5-13-22/h6-11,14-16,18-19,22,27-28H,2-5,12-13,17,20H2,1H3,(H,31,35)(H,32,36)/t27-,28-/m1/s1. The molecule has 0 radical (unpaired) electrons. The van der Waals surface area contributed by atoms with Gasteiger partial charge in [-0.3, -0.25) is 9.78 Å². The Balaban J connectivity index is 1.39. The summed E-state index contributed by atoms with van der Waals surface area (Å²) in [6.45, 7) is 2.64. The largest absolute Gasteiger partial charge is 0.352 e. The molecule has 1 saturated heterocycles. The normalized spacial score (nSPS) is 20.4. The number of hydrogen-bond acceptors (Lipinski definition) is 3. The lowest BCUT2D eigenvalue weighted by molar-refractivity contribution is -0.116. The fourth-order valence-electron chi connectivity index (χ4n) is 5.70. The summed E-state index contributed by atoms with van der Waals surface area (Å²) < 4.78 is 2.46. The van der Waals surface area contributed by atoms with Gasteiger partial charge in [0.2, 0.25) is 5.91 Å². The number of carbonyl (C=O) groups excluding carboxylic acids is 1. The molecule has 1 saturated carbocycles. The van der Waals surface area contributed by atoms with Gasteiger partial charge in [0.05, 0.1) is 17.8 Å². The Hall–Kier alpha value is -3.19. The molecule has 0 spiro atoms. The number of amides is 1. The molecular weight excluding hydrogens is 466 g/mol. The van der Waals surface area contributed by atoms with Crippen LogP contribution in [0.4, 0.5) is 5.69 Å². The number of para-hydroxylation sites is 1. The predicted octanol–water partition coefficient (Wildman–Crippen LogP) is 5.95. The number of carbonyl (C=O) groups is 1. The zero-order valence-electron chi connectivity index (χ0n) is 20.9. The van der Waals surface area contributed by atoms with E-state index in [0.29, 0.717) is 24.1 Å². The zero-order chi connectivity index (χ0) is 24.9. The third kappa shape index (κ3) is 5.16. The van der Waals surface area contributed by atoms with Gasteiger partial charge in [-0.25, -0.2) is 0 Å². The highest BCUT2D eigenvalue weighted by Gasteiger charge is 2.41. The molecule has 1 aliphatic heterocycles. The van der Waals surface area contributed by atoms with E-state index in [0.717, 1.165) is 23.4 Å². The fourth-order valence-corrected chi connectivity index (χ4v) is 6.03. The van der Waals surface area contributed by atoms with Crippen molar-refractivity contribution >= 4 is 28.9 Å². The predicted molar refractivity (Wildman–Crippen MR) is 148 cm³/mol. The van der Waals surface area contributed by atoms with Gasteiger partial charge in [-0.05, 0) is 67.4 Å². The molecule has 6 nitrogen and oxygen atoms in total. The second-order valence-corrected chi connectivity index (χ2v) is 10.1. The van der Waals surface area contributed by atoms with Crippen LogP contribution in [0.25, 0.3) is 0 Å². The molecule has 0 bridgehead atoms. The van der Waals surface area contributed by atoms with Gasteiger partial charge in [-0.1, -0.05) is 50.5 Å². The van der Waals surface area contributed by atoms with E-state index in [4.69, 9.17) is 12.2 Å².